The van der Waals surface area contributed by atoms with Crippen molar-refractivity contribution in [2.24, 2.45) is 0 Å². The average Bonchev–Trinajstić information content (AvgIpc) is 3.18. The molecule has 2 aliphatic rings. The molecule has 1 saturated heterocycles. The van der Waals surface area contributed by atoms with Gasteiger partial charge in [-0.25, -0.2) is 9.67 Å². The molecule has 2 unspecified atom stereocenters. The minimum Gasteiger partial charge on any atom is -0.373 e. The average molecular weight is 410 g/mol. The first-order valence-corrected chi connectivity index (χ1v) is 11.0. The minimum atomic E-state index is -0.0973. The van der Waals surface area contributed by atoms with E-state index in [0.29, 0.717) is 16.3 Å². The summed E-state index contributed by atoms with van der Waals surface area (Å²) < 4.78 is 7.57. The molecule has 0 radical (unpaired) electrons. The van der Waals surface area contributed by atoms with Crippen LogP contribution in [0.3, 0.4) is 0 Å². The molecule has 4 rings (SSSR count). The van der Waals surface area contributed by atoms with E-state index >= 15 is 0 Å². The fourth-order valence-electron chi connectivity index (χ4n) is 3.19. The zero-order valence-electron chi connectivity index (χ0n) is 15.4. The van der Waals surface area contributed by atoms with Gasteiger partial charge in [-0.2, -0.15) is 0 Å². The summed E-state index contributed by atoms with van der Waals surface area (Å²) in [6.07, 6.45) is 2.67. The lowest BCUT2D eigenvalue weighted by atomic mass is 10.2. The normalized spacial score (nSPS) is 23.5. The van der Waals surface area contributed by atoms with Crippen molar-refractivity contribution >= 4 is 34.1 Å². The zero-order chi connectivity index (χ0) is 18.8. The van der Waals surface area contributed by atoms with E-state index in [0.717, 1.165) is 38.2 Å². The second-order valence-corrected chi connectivity index (χ2v) is 8.87. The summed E-state index contributed by atoms with van der Waals surface area (Å²) in [5.41, 5.74) is 0.974. The number of hydrogen-bond donors (Lipinski definition) is 1. The third-order valence-corrected chi connectivity index (χ3v) is 6.11. The molecule has 2 aromatic heterocycles. The maximum Gasteiger partial charge on any atom is 0.236 e. The van der Waals surface area contributed by atoms with Crippen molar-refractivity contribution in [1.82, 2.24) is 30.1 Å². The molecular formula is C16H23N7O2S2. The van der Waals surface area contributed by atoms with Crippen LogP contribution in [0.1, 0.15) is 38.4 Å². The molecule has 1 aliphatic heterocycles. The Morgan fingerprint density at radius 3 is 2.89 bits per heavy atom. The second kappa shape index (κ2) is 8.21. The zero-order valence-corrected chi connectivity index (χ0v) is 17.0. The van der Waals surface area contributed by atoms with Crippen LogP contribution in [0.15, 0.2) is 10.5 Å². The van der Waals surface area contributed by atoms with E-state index < -0.39 is 0 Å². The Labute approximate surface area is 165 Å². The first-order valence-electron chi connectivity index (χ1n) is 9.09. The van der Waals surface area contributed by atoms with E-state index in [1.807, 2.05) is 10.1 Å². The molecule has 0 spiro atoms. The topological polar surface area (TPSA) is 98.1 Å². The lowest BCUT2D eigenvalue weighted by Crippen LogP contribution is -2.44. The maximum absolute atomic E-state index is 12.2. The molecule has 11 heteroatoms. The highest BCUT2D eigenvalue weighted by Gasteiger charge is 2.28. The molecule has 27 heavy (non-hydrogen) atoms. The quantitative estimate of drug-likeness (QED) is 0.692. The number of amides is 1. The van der Waals surface area contributed by atoms with Crippen LogP contribution in [0.2, 0.25) is 0 Å². The lowest BCUT2D eigenvalue weighted by molar-refractivity contribution is -0.113. The number of morpholine rings is 1. The molecule has 1 amide bonds. The number of hydrogen-bond acceptors (Lipinski definition) is 9. The van der Waals surface area contributed by atoms with Gasteiger partial charge in [0.1, 0.15) is 0 Å². The van der Waals surface area contributed by atoms with Gasteiger partial charge in [-0.3, -0.25) is 9.69 Å². The summed E-state index contributed by atoms with van der Waals surface area (Å²) in [6, 6.07) is 0.401. The molecule has 1 saturated carbocycles. The smallest absolute Gasteiger partial charge is 0.236 e. The highest BCUT2D eigenvalue weighted by molar-refractivity contribution is 7.99. The van der Waals surface area contributed by atoms with Gasteiger partial charge < -0.3 is 10.1 Å². The number of thioether (sulfide) groups is 1. The van der Waals surface area contributed by atoms with Crippen LogP contribution in [-0.2, 0) is 16.1 Å². The van der Waals surface area contributed by atoms with Crippen molar-refractivity contribution in [1.29, 1.82) is 0 Å². The SMILES string of the molecule is CC1CN(Cc2csc(NC(=O)CSc3nnnn3C3CC3)n2)CC(C)O1. The number of nitrogens with zero attached hydrogens (tertiary/aromatic N) is 6. The molecule has 9 nitrogen and oxygen atoms in total. The number of thiazole rings is 1. The van der Waals surface area contributed by atoms with Crippen LogP contribution in [0.25, 0.3) is 0 Å². The first-order chi connectivity index (χ1) is 13.1. The summed E-state index contributed by atoms with van der Waals surface area (Å²) in [4.78, 5) is 19.1. The van der Waals surface area contributed by atoms with Crippen LogP contribution >= 0.6 is 23.1 Å². The fourth-order valence-corrected chi connectivity index (χ4v) is 4.66. The van der Waals surface area contributed by atoms with Crippen LogP contribution in [0.5, 0.6) is 0 Å². The number of carbonyl (C=O) groups excluding carboxylic acids is 1. The van der Waals surface area contributed by atoms with Crippen molar-refractivity contribution in [3.8, 4) is 0 Å². The number of rotatable bonds is 7. The Morgan fingerprint density at radius 1 is 1.37 bits per heavy atom. The van der Waals surface area contributed by atoms with Crippen LogP contribution in [-0.4, -0.2) is 67.0 Å². The Hall–Kier alpha value is -1.56. The molecule has 0 bridgehead atoms. The molecule has 2 atom stereocenters. The van der Waals surface area contributed by atoms with Crippen LogP contribution in [0, 0.1) is 0 Å². The Bertz CT molecular complexity index is 781. The van der Waals surface area contributed by atoms with Gasteiger partial charge in [-0.05, 0) is 37.1 Å². The Morgan fingerprint density at radius 2 is 2.15 bits per heavy atom. The number of aromatic nitrogens is 5. The largest absolute Gasteiger partial charge is 0.373 e. The predicted octanol–water partition coefficient (Wildman–Crippen LogP) is 1.80. The molecule has 2 fully saturated rings. The summed E-state index contributed by atoms with van der Waals surface area (Å²) in [6.45, 7) is 6.75. The van der Waals surface area contributed by atoms with Gasteiger partial charge in [0.25, 0.3) is 0 Å². The molecule has 3 heterocycles. The van der Waals surface area contributed by atoms with Gasteiger partial charge >= 0.3 is 0 Å². The monoisotopic (exact) mass is 409 g/mol. The molecule has 2 aromatic rings. The maximum atomic E-state index is 12.2. The molecular weight excluding hydrogens is 386 g/mol. The molecule has 0 aromatic carbocycles. The van der Waals surface area contributed by atoms with Gasteiger partial charge in [-0.15, -0.1) is 16.4 Å². The van der Waals surface area contributed by atoms with Crippen molar-refractivity contribution in [2.75, 3.05) is 24.2 Å². The molecule has 1 N–H and O–H groups in total. The number of tetrazole rings is 1. The molecule has 1 aliphatic carbocycles. The van der Waals surface area contributed by atoms with Crippen molar-refractivity contribution in [3.63, 3.8) is 0 Å². The van der Waals surface area contributed by atoms with Crippen molar-refractivity contribution in [2.45, 2.75) is 56.6 Å². The van der Waals surface area contributed by atoms with E-state index in [-0.39, 0.29) is 23.9 Å². The van der Waals surface area contributed by atoms with Gasteiger partial charge in [0.15, 0.2) is 5.13 Å². The van der Waals surface area contributed by atoms with E-state index in [2.05, 4.69) is 44.6 Å². The number of carbonyl (C=O) groups is 1. The van der Waals surface area contributed by atoms with E-state index in [9.17, 15) is 4.79 Å². The van der Waals surface area contributed by atoms with E-state index in [4.69, 9.17) is 4.74 Å². The van der Waals surface area contributed by atoms with Gasteiger partial charge in [0, 0.05) is 25.0 Å². The van der Waals surface area contributed by atoms with Crippen molar-refractivity contribution < 1.29 is 9.53 Å². The summed E-state index contributed by atoms with van der Waals surface area (Å²) in [5.74, 6) is 0.167. The Kier molecular flexibility index (Phi) is 5.71. The highest BCUT2D eigenvalue weighted by atomic mass is 32.2. The van der Waals surface area contributed by atoms with Crippen LogP contribution < -0.4 is 5.32 Å². The van der Waals surface area contributed by atoms with Crippen LogP contribution in [0.4, 0.5) is 5.13 Å². The Balaban J connectivity index is 1.26. The lowest BCUT2D eigenvalue weighted by Gasteiger charge is -2.34. The van der Waals surface area contributed by atoms with Gasteiger partial charge in [-0.1, -0.05) is 11.8 Å². The minimum absolute atomic E-state index is 0.0973. The fraction of sp³-hybridized carbons (Fsp3) is 0.688. The first kappa shape index (κ1) is 18.8. The number of ether oxygens (including phenoxy) is 1. The summed E-state index contributed by atoms with van der Waals surface area (Å²) in [7, 11) is 0. The van der Waals surface area contributed by atoms with Gasteiger partial charge in [0.2, 0.25) is 11.1 Å². The highest BCUT2D eigenvalue weighted by Crippen LogP contribution is 2.36. The van der Waals surface area contributed by atoms with Crippen molar-refractivity contribution in [3.05, 3.63) is 11.1 Å². The second-order valence-electron chi connectivity index (χ2n) is 7.07. The summed E-state index contributed by atoms with van der Waals surface area (Å²) in [5, 5.41) is 17.9. The summed E-state index contributed by atoms with van der Waals surface area (Å²) >= 11 is 2.81. The van der Waals surface area contributed by atoms with E-state index in [1.54, 1.807) is 0 Å². The number of nitrogens with one attached hydrogen (secondary N) is 1. The predicted molar refractivity (Wildman–Crippen MR) is 103 cm³/mol. The third-order valence-electron chi connectivity index (χ3n) is 4.37. The third kappa shape index (κ3) is 5.03. The number of anilines is 1. The standard InChI is InChI=1S/C16H23N7O2S2/c1-10-5-22(6-11(2)25-10)7-12-8-26-15(17-12)18-14(24)9-27-16-19-20-21-23(16)13-3-4-13/h8,10-11,13H,3-7,9H2,1-2H3,(H,17,18,24). The van der Waals surface area contributed by atoms with E-state index in [1.165, 1.54) is 23.1 Å². The molecule has 146 valence electrons. The van der Waals surface area contributed by atoms with Gasteiger partial charge in [0.05, 0.1) is 29.7 Å².